The summed E-state index contributed by atoms with van der Waals surface area (Å²) in [6.07, 6.45) is 5.71. The van der Waals surface area contributed by atoms with Crippen LogP contribution in [0.5, 0.6) is 5.75 Å². The summed E-state index contributed by atoms with van der Waals surface area (Å²) in [7, 11) is 0. The van der Waals surface area contributed by atoms with Gasteiger partial charge in [-0.3, -0.25) is 4.79 Å². The maximum absolute atomic E-state index is 12.5. The van der Waals surface area contributed by atoms with Gasteiger partial charge in [0, 0.05) is 6.04 Å². The molecule has 1 amide bonds. The number of aromatic nitrogens is 1. The SMILES string of the molecule is O=C(NC1CCCCC1)c1noc2c1COc1ccccc1-2. The van der Waals surface area contributed by atoms with Gasteiger partial charge in [0.25, 0.3) is 5.91 Å². The third-order valence-corrected chi connectivity index (χ3v) is 4.45. The van der Waals surface area contributed by atoms with E-state index in [0.29, 0.717) is 18.1 Å². The molecule has 5 nitrogen and oxygen atoms in total. The van der Waals surface area contributed by atoms with Gasteiger partial charge in [-0.1, -0.05) is 36.6 Å². The number of para-hydroxylation sites is 1. The van der Waals surface area contributed by atoms with E-state index in [1.807, 2.05) is 24.3 Å². The topological polar surface area (TPSA) is 64.4 Å². The number of nitrogens with zero attached hydrogens (tertiary/aromatic N) is 1. The molecule has 0 spiro atoms. The Bertz CT molecular complexity index is 702. The zero-order chi connectivity index (χ0) is 14.9. The monoisotopic (exact) mass is 298 g/mol. The van der Waals surface area contributed by atoms with Crippen molar-refractivity contribution in [3.05, 3.63) is 35.5 Å². The highest BCUT2D eigenvalue weighted by Crippen LogP contribution is 2.38. The molecule has 0 bridgehead atoms. The molecule has 4 rings (SSSR count). The third-order valence-electron chi connectivity index (χ3n) is 4.45. The van der Waals surface area contributed by atoms with Crippen LogP contribution in [0.2, 0.25) is 0 Å². The summed E-state index contributed by atoms with van der Waals surface area (Å²) in [6.45, 7) is 0.323. The third kappa shape index (κ3) is 2.26. The molecule has 1 saturated carbocycles. The summed E-state index contributed by atoms with van der Waals surface area (Å²) in [4.78, 5) is 12.5. The van der Waals surface area contributed by atoms with Crippen molar-refractivity contribution in [2.75, 3.05) is 0 Å². The quantitative estimate of drug-likeness (QED) is 0.924. The highest BCUT2D eigenvalue weighted by atomic mass is 16.5. The molecular weight excluding hydrogens is 280 g/mol. The van der Waals surface area contributed by atoms with Gasteiger partial charge in [0.2, 0.25) is 0 Å². The minimum atomic E-state index is -0.153. The largest absolute Gasteiger partial charge is 0.488 e. The first-order valence-corrected chi connectivity index (χ1v) is 7.84. The molecule has 2 aromatic rings. The molecule has 22 heavy (non-hydrogen) atoms. The number of carbonyl (C=O) groups excluding carboxylic acids is 1. The van der Waals surface area contributed by atoms with E-state index in [9.17, 15) is 4.79 Å². The van der Waals surface area contributed by atoms with Crippen molar-refractivity contribution in [2.24, 2.45) is 0 Å². The number of hydrogen-bond acceptors (Lipinski definition) is 4. The van der Waals surface area contributed by atoms with E-state index in [2.05, 4.69) is 10.5 Å². The van der Waals surface area contributed by atoms with Gasteiger partial charge in [0.05, 0.1) is 11.1 Å². The standard InChI is InChI=1S/C17H18N2O3/c20-17(18-11-6-2-1-3-7-11)15-13-10-21-14-9-5-4-8-12(14)16(13)22-19-15/h4-5,8-9,11H,1-3,6-7,10H2,(H,18,20). The van der Waals surface area contributed by atoms with Crippen LogP contribution in [0.15, 0.2) is 28.8 Å². The molecule has 1 aromatic heterocycles. The average molecular weight is 298 g/mol. The first kappa shape index (κ1) is 13.4. The zero-order valence-corrected chi connectivity index (χ0v) is 12.3. The highest BCUT2D eigenvalue weighted by molar-refractivity contribution is 5.95. The average Bonchev–Trinajstić information content (AvgIpc) is 3.00. The van der Waals surface area contributed by atoms with Crippen LogP contribution < -0.4 is 10.1 Å². The second-order valence-electron chi connectivity index (χ2n) is 5.93. The molecular formula is C17H18N2O3. The Morgan fingerprint density at radius 1 is 1.18 bits per heavy atom. The fourth-order valence-electron chi connectivity index (χ4n) is 3.26. The van der Waals surface area contributed by atoms with E-state index in [0.717, 1.165) is 29.7 Å². The van der Waals surface area contributed by atoms with Crippen LogP contribution in [-0.4, -0.2) is 17.1 Å². The van der Waals surface area contributed by atoms with Gasteiger partial charge in [-0.25, -0.2) is 0 Å². The summed E-state index contributed by atoms with van der Waals surface area (Å²) < 4.78 is 11.1. The predicted molar refractivity (Wildman–Crippen MR) is 80.6 cm³/mol. The number of amides is 1. The fraction of sp³-hybridized carbons (Fsp3) is 0.412. The first-order chi connectivity index (χ1) is 10.8. The number of nitrogens with one attached hydrogen (secondary N) is 1. The summed E-state index contributed by atoms with van der Waals surface area (Å²) in [5, 5.41) is 7.07. The van der Waals surface area contributed by atoms with Gasteiger partial charge in [-0.05, 0) is 25.0 Å². The molecule has 2 heterocycles. The van der Waals surface area contributed by atoms with Gasteiger partial charge >= 0.3 is 0 Å². The van der Waals surface area contributed by atoms with Crippen LogP contribution in [0.25, 0.3) is 11.3 Å². The Labute approximate surface area is 128 Å². The van der Waals surface area contributed by atoms with Crippen molar-refractivity contribution < 1.29 is 14.1 Å². The van der Waals surface area contributed by atoms with Gasteiger partial charge in [-0.15, -0.1) is 0 Å². The zero-order valence-electron chi connectivity index (χ0n) is 12.3. The van der Waals surface area contributed by atoms with Crippen molar-refractivity contribution in [3.8, 4) is 17.1 Å². The summed E-state index contributed by atoms with van der Waals surface area (Å²) >= 11 is 0. The van der Waals surface area contributed by atoms with Crippen molar-refractivity contribution in [3.63, 3.8) is 0 Å². The Morgan fingerprint density at radius 2 is 2.00 bits per heavy atom. The van der Waals surface area contributed by atoms with Gasteiger partial charge in [0.1, 0.15) is 12.4 Å². The Balaban J connectivity index is 1.60. The molecule has 0 unspecified atom stereocenters. The fourth-order valence-corrected chi connectivity index (χ4v) is 3.26. The number of benzene rings is 1. The summed E-state index contributed by atoms with van der Waals surface area (Å²) in [6, 6.07) is 7.90. The van der Waals surface area contributed by atoms with Crippen molar-refractivity contribution in [2.45, 2.75) is 44.8 Å². The molecule has 1 N–H and O–H groups in total. The van der Waals surface area contributed by atoms with E-state index in [-0.39, 0.29) is 11.9 Å². The van der Waals surface area contributed by atoms with E-state index in [1.54, 1.807) is 0 Å². The lowest BCUT2D eigenvalue weighted by Crippen LogP contribution is -2.36. The Kier molecular flexibility index (Phi) is 3.33. The predicted octanol–water partition coefficient (Wildman–Crippen LogP) is 3.30. The summed E-state index contributed by atoms with van der Waals surface area (Å²) in [5.41, 5.74) is 1.95. The van der Waals surface area contributed by atoms with Crippen LogP contribution in [0, 0.1) is 0 Å². The minimum absolute atomic E-state index is 0.153. The molecule has 1 aliphatic heterocycles. The molecule has 0 radical (unpaired) electrons. The smallest absolute Gasteiger partial charge is 0.274 e. The van der Waals surface area contributed by atoms with Crippen LogP contribution in [0.4, 0.5) is 0 Å². The highest BCUT2D eigenvalue weighted by Gasteiger charge is 2.29. The van der Waals surface area contributed by atoms with Crippen molar-refractivity contribution >= 4 is 5.91 Å². The molecule has 0 atom stereocenters. The first-order valence-electron chi connectivity index (χ1n) is 7.84. The number of ether oxygens (including phenoxy) is 1. The molecule has 1 aliphatic carbocycles. The molecule has 2 aliphatic rings. The van der Waals surface area contributed by atoms with Gasteiger partial charge < -0.3 is 14.6 Å². The second-order valence-corrected chi connectivity index (χ2v) is 5.93. The molecule has 1 fully saturated rings. The van der Waals surface area contributed by atoms with Crippen LogP contribution in [-0.2, 0) is 6.61 Å². The molecule has 114 valence electrons. The van der Waals surface area contributed by atoms with Crippen molar-refractivity contribution in [1.29, 1.82) is 0 Å². The van der Waals surface area contributed by atoms with Crippen molar-refractivity contribution in [1.82, 2.24) is 10.5 Å². The number of fused-ring (bicyclic) bond motifs is 3. The van der Waals surface area contributed by atoms with Gasteiger partial charge in [0.15, 0.2) is 11.5 Å². The number of carbonyl (C=O) groups is 1. The van der Waals surface area contributed by atoms with Crippen LogP contribution in [0.1, 0.15) is 48.2 Å². The Hall–Kier alpha value is -2.30. The van der Waals surface area contributed by atoms with Crippen LogP contribution in [0.3, 0.4) is 0 Å². The van der Waals surface area contributed by atoms with E-state index < -0.39 is 0 Å². The molecule has 0 saturated heterocycles. The number of hydrogen-bond donors (Lipinski definition) is 1. The number of rotatable bonds is 2. The normalized spacial score (nSPS) is 17.3. The second kappa shape index (κ2) is 5.48. The summed E-state index contributed by atoms with van der Waals surface area (Å²) in [5.74, 6) is 1.26. The van der Waals surface area contributed by atoms with E-state index >= 15 is 0 Å². The van der Waals surface area contributed by atoms with E-state index in [4.69, 9.17) is 9.26 Å². The lowest BCUT2D eigenvalue weighted by atomic mass is 9.95. The minimum Gasteiger partial charge on any atom is -0.488 e. The lowest BCUT2D eigenvalue weighted by molar-refractivity contribution is 0.0916. The van der Waals surface area contributed by atoms with E-state index in [1.165, 1.54) is 19.3 Å². The Morgan fingerprint density at radius 3 is 2.86 bits per heavy atom. The molecule has 5 heteroatoms. The molecule has 1 aromatic carbocycles. The maximum Gasteiger partial charge on any atom is 0.274 e. The maximum atomic E-state index is 12.5. The van der Waals surface area contributed by atoms with Gasteiger partial charge in [-0.2, -0.15) is 0 Å². The van der Waals surface area contributed by atoms with Crippen LogP contribution >= 0.6 is 0 Å². The lowest BCUT2D eigenvalue weighted by Gasteiger charge is -2.22.